The minimum Gasteiger partial charge on any atom is -0.319 e. The van der Waals surface area contributed by atoms with E-state index in [1.807, 2.05) is 18.2 Å². The van der Waals surface area contributed by atoms with E-state index in [0.717, 1.165) is 53.5 Å². The largest absolute Gasteiger partial charge is 0.326 e. The van der Waals surface area contributed by atoms with E-state index in [1.165, 1.54) is 17.7 Å². The zero-order valence-electron chi connectivity index (χ0n) is 17.5. The lowest BCUT2D eigenvalue weighted by Crippen LogP contribution is -2.46. The summed E-state index contributed by atoms with van der Waals surface area (Å²) in [5.74, 6) is -2.16. The van der Waals surface area contributed by atoms with Gasteiger partial charge in [0.2, 0.25) is 0 Å². The average Bonchev–Trinajstić information content (AvgIpc) is 3.31. The van der Waals surface area contributed by atoms with Gasteiger partial charge in [-0.05, 0) is 49.6 Å². The molecule has 0 saturated carbocycles. The highest BCUT2D eigenvalue weighted by molar-refractivity contribution is 7.18. The smallest absolute Gasteiger partial charge is 0.319 e. The molecule has 3 heterocycles. The number of fused-ring (bicyclic) bond motifs is 1. The van der Waals surface area contributed by atoms with Crippen LogP contribution in [0.4, 0.5) is 13.6 Å². The van der Waals surface area contributed by atoms with Gasteiger partial charge in [-0.15, -0.1) is 11.3 Å². The van der Waals surface area contributed by atoms with Gasteiger partial charge >= 0.3 is 6.03 Å². The molecule has 6 nitrogen and oxygen atoms in total. The van der Waals surface area contributed by atoms with Gasteiger partial charge in [0.1, 0.15) is 5.54 Å². The number of hydrogen-bond donors (Lipinski definition) is 1. The number of halogens is 2. The number of urea groups is 1. The summed E-state index contributed by atoms with van der Waals surface area (Å²) in [5, 5.41) is 3.78. The highest BCUT2D eigenvalue weighted by atomic mass is 32.1. The minimum atomic E-state index is -1.43. The average molecular weight is 457 g/mol. The van der Waals surface area contributed by atoms with Crippen molar-refractivity contribution in [2.75, 3.05) is 19.8 Å². The van der Waals surface area contributed by atoms with E-state index in [-0.39, 0.29) is 12.2 Å². The van der Waals surface area contributed by atoms with Gasteiger partial charge in [-0.25, -0.2) is 23.5 Å². The van der Waals surface area contributed by atoms with Gasteiger partial charge in [-0.1, -0.05) is 18.2 Å². The van der Waals surface area contributed by atoms with Gasteiger partial charge in [-0.2, -0.15) is 0 Å². The number of amides is 3. The second kappa shape index (κ2) is 7.90. The Morgan fingerprint density at radius 3 is 2.59 bits per heavy atom. The molecule has 0 bridgehead atoms. The topological polar surface area (TPSA) is 65.5 Å². The maximum atomic E-state index is 13.7. The predicted molar refractivity (Wildman–Crippen MR) is 117 cm³/mol. The number of para-hydroxylation sites is 1. The van der Waals surface area contributed by atoms with E-state index in [0.29, 0.717) is 5.92 Å². The summed E-state index contributed by atoms with van der Waals surface area (Å²) in [5.41, 5.74) is -0.192. The number of imide groups is 1. The molecule has 0 radical (unpaired) electrons. The van der Waals surface area contributed by atoms with Crippen LogP contribution in [0.15, 0.2) is 42.5 Å². The van der Waals surface area contributed by atoms with Crippen molar-refractivity contribution in [2.45, 2.75) is 31.2 Å². The predicted octanol–water partition coefficient (Wildman–Crippen LogP) is 4.18. The molecule has 1 N–H and O–H groups in total. The lowest BCUT2D eigenvalue weighted by atomic mass is 9.92. The van der Waals surface area contributed by atoms with E-state index in [2.05, 4.69) is 16.3 Å². The first-order valence-corrected chi connectivity index (χ1v) is 11.3. The molecule has 3 aromatic rings. The molecule has 0 spiro atoms. The van der Waals surface area contributed by atoms with Crippen LogP contribution in [-0.2, 0) is 10.3 Å². The van der Waals surface area contributed by atoms with Crippen LogP contribution >= 0.6 is 11.3 Å². The monoisotopic (exact) mass is 456 g/mol. The maximum absolute atomic E-state index is 13.7. The molecule has 1 unspecified atom stereocenters. The van der Waals surface area contributed by atoms with Crippen LogP contribution in [0.3, 0.4) is 0 Å². The van der Waals surface area contributed by atoms with Gasteiger partial charge < -0.3 is 5.32 Å². The van der Waals surface area contributed by atoms with E-state index in [1.54, 1.807) is 11.3 Å². The van der Waals surface area contributed by atoms with Crippen molar-refractivity contribution < 1.29 is 18.4 Å². The second-order valence-electron chi connectivity index (χ2n) is 8.47. The fourth-order valence-electron chi connectivity index (χ4n) is 4.41. The number of nitrogens with zero attached hydrogens (tertiary/aromatic N) is 3. The van der Waals surface area contributed by atoms with E-state index < -0.39 is 29.1 Å². The van der Waals surface area contributed by atoms with Crippen molar-refractivity contribution in [1.29, 1.82) is 0 Å². The fourth-order valence-corrected chi connectivity index (χ4v) is 5.55. The first-order valence-electron chi connectivity index (χ1n) is 10.5. The molecular formula is C23H22F2N4O2S. The summed E-state index contributed by atoms with van der Waals surface area (Å²) in [4.78, 5) is 33.6. The zero-order valence-corrected chi connectivity index (χ0v) is 18.3. The van der Waals surface area contributed by atoms with Gasteiger partial charge in [-0.3, -0.25) is 9.69 Å². The van der Waals surface area contributed by atoms with Crippen LogP contribution in [0, 0.1) is 11.6 Å². The normalized spacial score (nSPS) is 22.7. The van der Waals surface area contributed by atoms with Gasteiger partial charge in [0, 0.05) is 19.0 Å². The van der Waals surface area contributed by atoms with E-state index in [9.17, 15) is 18.4 Å². The summed E-state index contributed by atoms with van der Waals surface area (Å²) >= 11 is 1.72. The second-order valence-corrected chi connectivity index (χ2v) is 9.53. The Morgan fingerprint density at radius 1 is 1.12 bits per heavy atom. The third-order valence-corrected chi connectivity index (χ3v) is 7.56. The number of nitrogens with one attached hydrogen (secondary N) is 1. The van der Waals surface area contributed by atoms with Crippen molar-refractivity contribution in [2.24, 2.45) is 0 Å². The molecule has 2 aliphatic rings. The number of carbonyl (C=O) groups excluding carboxylic acids is 2. The number of carbonyl (C=O) groups is 2. The fraction of sp³-hybridized carbons (Fsp3) is 0.348. The Labute approximate surface area is 187 Å². The molecule has 2 aromatic carbocycles. The number of likely N-dealkylation sites (tertiary alicyclic amines) is 1. The molecule has 2 saturated heterocycles. The minimum absolute atomic E-state index is 0.163. The number of hydrogen-bond acceptors (Lipinski definition) is 5. The molecule has 32 heavy (non-hydrogen) atoms. The van der Waals surface area contributed by atoms with Gasteiger partial charge in [0.05, 0.1) is 21.9 Å². The van der Waals surface area contributed by atoms with E-state index in [4.69, 9.17) is 4.98 Å². The summed E-state index contributed by atoms with van der Waals surface area (Å²) in [6.45, 7) is 3.15. The number of piperidine rings is 1. The number of rotatable bonds is 4. The zero-order chi connectivity index (χ0) is 22.5. The van der Waals surface area contributed by atoms with Crippen molar-refractivity contribution in [3.63, 3.8) is 0 Å². The Balaban J connectivity index is 1.25. The molecule has 166 valence electrons. The number of benzene rings is 2. The summed E-state index contributed by atoms with van der Waals surface area (Å²) in [6, 6.07) is 10.8. The van der Waals surface area contributed by atoms with Gasteiger partial charge in [0.25, 0.3) is 5.91 Å². The molecule has 3 amide bonds. The summed E-state index contributed by atoms with van der Waals surface area (Å²) in [7, 11) is 0. The van der Waals surface area contributed by atoms with Crippen LogP contribution in [0.25, 0.3) is 10.2 Å². The van der Waals surface area contributed by atoms with Crippen molar-refractivity contribution >= 4 is 33.5 Å². The van der Waals surface area contributed by atoms with Crippen LogP contribution in [0.5, 0.6) is 0 Å². The van der Waals surface area contributed by atoms with E-state index >= 15 is 0 Å². The van der Waals surface area contributed by atoms with Crippen LogP contribution < -0.4 is 5.32 Å². The maximum Gasteiger partial charge on any atom is 0.326 e. The molecule has 5 rings (SSSR count). The Hall–Kier alpha value is -2.91. The molecule has 1 aromatic heterocycles. The van der Waals surface area contributed by atoms with Crippen molar-refractivity contribution in [3.05, 3.63) is 64.7 Å². The molecule has 0 aliphatic carbocycles. The Kier molecular flexibility index (Phi) is 5.17. The van der Waals surface area contributed by atoms with Crippen LogP contribution in [0.2, 0.25) is 0 Å². The van der Waals surface area contributed by atoms with Crippen molar-refractivity contribution in [3.8, 4) is 0 Å². The number of thiazole rings is 1. The first-order chi connectivity index (χ1) is 15.3. The highest BCUT2D eigenvalue weighted by Crippen LogP contribution is 2.35. The highest BCUT2D eigenvalue weighted by Gasteiger charge is 2.49. The number of aromatic nitrogens is 1. The third kappa shape index (κ3) is 3.55. The van der Waals surface area contributed by atoms with Crippen LogP contribution in [0.1, 0.15) is 36.3 Å². The standard InChI is InChI=1S/C23H22F2N4O2S/c1-23(15-6-7-16(24)17(25)12-15)21(30)29(22(31)27-23)13-28-10-8-14(9-11-28)20-26-18-4-2-3-5-19(18)32-20/h2-7,12,14H,8-11,13H2,1H3,(H,27,31). The molecule has 2 aliphatic heterocycles. The quantitative estimate of drug-likeness (QED) is 0.599. The lowest BCUT2D eigenvalue weighted by molar-refractivity contribution is -0.132. The third-order valence-electron chi connectivity index (χ3n) is 6.36. The first kappa shape index (κ1) is 21.0. The van der Waals surface area contributed by atoms with Gasteiger partial charge in [0.15, 0.2) is 11.6 Å². The lowest BCUT2D eigenvalue weighted by Gasteiger charge is -2.33. The molecule has 2 fully saturated rings. The summed E-state index contributed by atoms with van der Waals surface area (Å²) in [6.07, 6.45) is 1.79. The summed E-state index contributed by atoms with van der Waals surface area (Å²) < 4.78 is 28.2. The Morgan fingerprint density at radius 2 is 1.88 bits per heavy atom. The molecular weight excluding hydrogens is 434 g/mol. The van der Waals surface area contributed by atoms with Crippen molar-refractivity contribution in [1.82, 2.24) is 20.1 Å². The Bertz CT molecular complexity index is 1170. The SMILES string of the molecule is CC1(c2ccc(F)c(F)c2)NC(=O)N(CN2CCC(c3nc4ccccc4s3)CC2)C1=O. The van der Waals surface area contributed by atoms with Crippen LogP contribution in [-0.4, -0.2) is 46.5 Å². The molecule has 9 heteroatoms. The molecule has 1 atom stereocenters.